The molecule has 3 rings (SSSR count). The van der Waals surface area contributed by atoms with Gasteiger partial charge in [0.2, 0.25) is 0 Å². The highest BCUT2D eigenvalue weighted by Crippen LogP contribution is 2.27. The molecule has 0 atom stereocenters. The maximum absolute atomic E-state index is 4.48. The van der Waals surface area contributed by atoms with Gasteiger partial charge in [0.05, 0.1) is 11.2 Å². The first-order valence-electron chi connectivity index (χ1n) is 6.82. The molecule has 102 valence electrons. The SMILES string of the molecule is Cc1cc2cccnn2c1-c1cccc(CN(C)C)c1. The van der Waals surface area contributed by atoms with Crippen LogP contribution in [0.5, 0.6) is 0 Å². The predicted octanol–water partition coefficient (Wildman–Crippen LogP) is 3.37. The van der Waals surface area contributed by atoms with E-state index in [2.05, 4.69) is 67.4 Å². The standard InChI is InChI=1S/C17H19N3/c1-13-10-16-8-5-9-18-20(16)17(13)15-7-4-6-14(11-15)12-19(2)3/h4-11H,12H2,1-3H3. The molecular weight excluding hydrogens is 246 g/mol. The van der Waals surface area contributed by atoms with Crippen molar-refractivity contribution in [3.63, 3.8) is 0 Å². The number of hydrogen-bond donors (Lipinski definition) is 0. The summed E-state index contributed by atoms with van der Waals surface area (Å²) in [6.07, 6.45) is 1.83. The highest BCUT2D eigenvalue weighted by atomic mass is 15.2. The third-order valence-corrected chi connectivity index (χ3v) is 3.43. The maximum atomic E-state index is 4.48. The average Bonchev–Trinajstić information content (AvgIpc) is 2.74. The third kappa shape index (κ3) is 2.32. The van der Waals surface area contributed by atoms with E-state index in [-0.39, 0.29) is 0 Å². The molecule has 3 heteroatoms. The first-order chi connectivity index (χ1) is 9.65. The summed E-state index contributed by atoms with van der Waals surface area (Å²) >= 11 is 0. The van der Waals surface area contributed by atoms with Crippen LogP contribution in [0.1, 0.15) is 11.1 Å². The van der Waals surface area contributed by atoms with Crippen LogP contribution < -0.4 is 0 Å². The van der Waals surface area contributed by atoms with Gasteiger partial charge in [-0.3, -0.25) is 0 Å². The Kier molecular flexibility index (Phi) is 3.28. The Labute approximate surface area is 119 Å². The molecule has 2 aromatic heterocycles. The van der Waals surface area contributed by atoms with Crippen LogP contribution in [0.2, 0.25) is 0 Å². The van der Waals surface area contributed by atoms with Gasteiger partial charge in [0.25, 0.3) is 0 Å². The van der Waals surface area contributed by atoms with Crippen molar-refractivity contribution in [3.05, 3.63) is 59.8 Å². The molecule has 3 nitrogen and oxygen atoms in total. The Morgan fingerprint density at radius 2 is 1.95 bits per heavy atom. The minimum atomic E-state index is 0.948. The maximum Gasteiger partial charge on any atom is 0.0754 e. The van der Waals surface area contributed by atoms with Crippen molar-refractivity contribution in [2.45, 2.75) is 13.5 Å². The number of nitrogens with zero attached hydrogens (tertiary/aromatic N) is 3. The minimum Gasteiger partial charge on any atom is -0.305 e. The second kappa shape index (κ2) is 5.10. The fourth-order valence-electron chi connectivity index (χ4n) is 2.67. The Morgan fingerprint density at radius 1 is 1.10 bits per heavy atom. The van der Waals surface area contributed by atoms with Gasteiger partial charge in [0.1, 0.15) is 0 Å². The van der Waals surface area contributed by atoms with E-state index in [1.165, 1.54) is 22.4 Å². The minimum absolute atomic E-state index is 0.948. The molecule has 0 radical (unpaired) electrons. The molecule has 20 heavy (non-hydrogen) atoms. The van der Waals surface area contributed by atoms with Gasteiger partial charge in [-0.15, -0.1) is 0 Å². The van der Waals surface area contributed by atoms with Gasteiger partial charge >= 0.3 is 0 Å². The zero-order chi connectivity index (χ0) is 14.1. The van der Waals surface area contributed by atoms with E-state index in [0.29, 0.717) is 0 Å². The van der Waals surface area contributed by atoms with Crippen molar-refractivity contribution in [1.82, 2.24) is 14.5 Å². The van der Waals surface area contributed by atoms with Crippen LogP contribution in [-0.2, 0) is 6.54 Å². The summed E-state index contributed by atoms with van der Waals surface area (Å²) in [5.41, 5.74) is 6.11. The van der Waals surface area contributed by atoms with Crippen molar-refractivity contribution >= 4 is 5.52 Å². The zero-order valence-corrected chi connectivity index (χ0v) is 12.2. The Bertz CT molecular complexity index is 741. The van der Waals surface area contributed by atoms with E-state index in [9.17, 15) is 0 Å². The molecule has 1 aromatic carbocycles. The largest absolute Gasteiger partial charge is 0.305 e. The summed E-state index contributed by atoms with van der Waals surface area (Å²) in [5, 5.41) is 4.48. The molecule has 0 saturated heterocycles. The number of aromatic nitrogens is 2. The Balaban J connectivity index is 2.13. The van der Waals surface area contributed by atoms with Crippen LogP contribution in [0.25, 0.3) is 16.8 Å². The molecule has 0 aliphatic rings. The second-order valence-electron chi connectivity index (χ2n) is 5.47. The quantitative estimate of drug-likeness (QED) is 0.723. The smallest absolute Gasteiger partial charge is 0.0754 e. The van der Waals surface area contributed by atoms with E-state index >= 15 is 0 Å². The Morgan fingerprint density at radius 3 is 2.75 bits per heavy atom. The summed E-state index contributed by atoms with van der Waals surface area (Å²) < 4.78 is 2.02. The van der Waals surface area contributed by atoms with Gasteiger partial charge in [0.15, 0.2) is 0 Å². The highest BCUT2D eigenvalue weighted by Gasteiger charge is 2.10. The monoisotopic (exact) mass is 265 g/mol. The van der Waals surface area contributed by atoms with Gasteiger partial charge in [0, 0.05) is 18.3 Å². The van der Waals surface area contributed by atoms with Gasteiger partial charge in [-0.2, -0.15) is 5.10 Å². The van der Waals surface area contributed by atoms with Gasteiger partial charge < -0.3 is 4.90 Å². The van der Waals surface area contributed by atoms with Gasteiger partial charge in [-0.1, -0.05) is 18.2 Å². The molecule has 0 spiro atoms. The average molecular weight is 265 g/mol. The first kappa shape index (κ1) is 12.9. The lowest BCUT2D eigenvalue weighted by Gasteiger charge is -2.11. The molecule has 0 N–H and O–H groups in total. The van der Waals surface area contributed by atoms with Crippen LogP contribution in [0, 0.1) is 6.92 Å². The van der Waals surface area contributed by atoms with E-state index in [4.69, 9.17) is 0 Å². The lowest BCUT2D eigenvalue weighted by atomic mass is 10.1. The highest BCUT2D eigenvalue weighted by molar-refractivity contribution is 5.71. The molecule has 0 amide bonds. The lowest BCUT2D eigenvalue weighted by molar-refractivity contribution is 0.402. The number of rotatable bonds is 3. The second-order valence-corrected chi connectivity index (χ2v) is 5.47. The van der Waals surface area contributed by atoms with Crippen molar-refractivity contribution in [1.29, 1.82) is 0 Å². The number of hydrogen-bond acceptors (Lipinski definition) is 2. The van der Waals surface area contributed by atoms with Crippen LogP contribution in [-0.4, -0.2) is 28.6 Å². The van der Waals surface area contributed by atoms with Crippen molar-refractivity contribution in [3.8, 4) is 11.3 Å². The fourth-order valence-corrected chi connectivity index (χ4v) is 2.67. The summed E-state index contributed by atoms with van der Waals surface area (Å²) in [6, 6.07) is 14.9. The molecule has 0 bridgehead atoms. The molecule has 0 aliphatic carbocycles. The summed E-state index contributed by atoms with van der Waals surface area (Å²) in [4.78, 5) is 2.18. The zero-order valence-electron chi connectivity index (χ0n) is 12.2. The van der Waals surface area contributed by atoms with Crippen LogP contribution >= 0.6 is 0 Å². The molecule has 3 aromatic rings. The molecule has 0 saturated carbocycles. The van der Waals surface area contributed by atoms with E-state index in [1.54, 1.807) is 0 Å². The molecular formula is C17H19N3. The Hall–Kier alpha value is -2.13. The topological polar surface area (TPSA) is 20.5 Å². The van der Waals surface area contributed by atoms with Crippen molar-refractivity contribution in [2.75, 3.05) is 14.1 Å². The molecule has 0 unspecified atom stereocenters. The summed E-state index contributed by atoms with van der Waals surface area (Å²) in [7, 11) is 4.18. The van der Waals surface area contributed by atoms with E-state index < -0.39 is 0 Å². The lowest BCUT2D eigenvalue weighted by Crippen LogP contribution is -2.10. The summed E-state index contributed by atoms with van der Waals surface area (Å²) in [5.74, 6) is 0. The van der Waals surface area contributed by atoms with Crippen molar-refractivity contribution in [2.24, 2.45) is 0 Å². The predicted molar refractivity (Wildman–Crippen MR) is 82.8 cm³/mol. The normalized spacial score (nSPS) is 11.4. The van der Waals surface area contributed by atoms with Crippen LogP contribution in [0.15, 0.2) is 48.7 Å². The van der Waals surface area contributed by atoms with E-state index in [0.717, 1.165) is 12.1 Å². The van der Waals surface area contributed by atoms with Gasteiger partial charge in [-0.05, 0) is 56.4 Å². The summed E-state index contributed by atoms with van der Waals surface area (Å²) in [6.45, 7) is 3.09. The van der Waals surface area contributed by atoms with E-state index in [1.807, 2.05) is 16.8 Å². The number of fused-ring (bicyclic) bond motifs is 1. The van der Waals surface area contributed by atoms with Crippen molar-refractivity contribution < 1.29 is 0 Å². The molecule has 2 heterocycles. The molecule has 0 aliphatic heterocycles. The number of benzene rings is 1. The van der Waals surface area contributed by atoms with Crippen LogP contribution in [0.3, 0.4) is 0 Å². The number of aryl methyl sites for hydroxylation is 1. The molecule has 0 fully saturated rings. The van der Waals surface area contributed by atoms with Crippen LogP contribution in [0.4, 0.5) is 0 Å². The fraction of sp³-hybridized carbons (Fsp3) is 0.235. The van der Waals surface area contributed by atoms with Gasteiger partial charge in [-0.25, -0.2) is 4.52 Å². The first-order valence-corrected chi connectivity index (χ1v) is 6.82. The third-order valence-electron chi connectivity index (χ3n) is 3.43.